The van der Waals surface area contributed by atoms with Crippen LogP contribution in [0, 0.1) is 13.8 Å². The van der Waals surface area contributed by atoms with Crippen LogP contribution in [0.15, 0.2) is 65.7 Å². The van der Waals surface area contributed by atoms with E-state index in [4.69, 9.17) is 9.51 Å². The molecule has 5 rings (SSSR count). The molecule has 1 unspecified atom stereocenters. The Bertz CT molecular complexity index is 1380. The second-order valence-electron chi connectivity index (χ2n) is 7.81. The fourth-order valence-electron chi connectivity index (χ4n) is 4.17. The zero-order valence-electron chi connectivity index (χ0n) is 17.8. The van der Waals surface area contributed by atoms with Crippen molar-refractivity contribution in [2.24, 2.45) is 0 Å². The monoisotopic (exact) mass is 433 g/mol. The van der Waals surface area contributed by atoms with E-state index in [1.807, 2.05) is 38.2 Å². The summed E-state index contributed by atoms with van der Waals surface area (Å²) in [6.45, 7) is 3.17. The van der Waals surface area contributed by atoms with Gasteiger partial charge in [0.25, 0.3) is 0 Å². The third kappa shape index (κ3) is 3.28. The molecule has 32 heavy (non-hydrogen) atoms. The molecule has 4 heterocycles. The number of fused-ring (bicyclic) bond motifs is 1. The molecule has 5 aromatic rings. The van der Waals surface area contributed by atoms with E-state index in [1.54, 1.807) is 6.20 Å². The lowest BCUT2D eigenvalue weighted by molar-refractivity contribution is 0.0566. The van der Waals surface area contributed by atoms with E-state index in [-0.39, 0.29) is 6.04 Å². The molecule has 0 aliphatic rings. The van der Waals surface area contributed by atoms with Crippen LogP contribution in [0.5, 0.6) is 0 Å². The van der Waals surface area contributed by atoms with Gasteiger partial charge in [-0.1, -0.05) is 35.5 Å². The Morgan fingerprint density at radius 1 is 1.00 bits per heavy atom. The van der Waals surface area contributed by atoms with Crippen LogP contribution in [0.3, 0.4) is 0 Å². The molecular weight excluding hydrogens is 412 g/mol. The zero-order valence-corrected chi connectivity index (χ0v) is 17.8. The Morgan fingerprint density at radius 2 is 1.78 bits per heavy atom. The summed E-state index contributed by atoms with van der Waals surface area (Å²) in [6, 6.07) is 12.2. The molecule has 0 aliphatic carbocycles. The van der Waals surface area contributed by atoms with Crippen LogP contribution in [0.2, 0.25) is 0 Å². The number of aromatic nitrogens is 5. The van der Waals surface area contributed by atoms with E-state index in [2.05, 4.69) is 39.9 Å². The molecule has 4 aromatic heterocycles. The van der Waals surface area contributed by atoms with Crippen molar-refractivity contribution in [3.8, 4) is 22.3 Å². The molecule has 8 heteroatoms. The molecule has 0 fully saturated rings. The van der Waals surface area contributed by atoms with Gasteiger partial charge in [0.2, 0.25) is 0 Å². The minimum absolute atomic E-state index is 0.000637. The first-order chi connectivity index (χ1) is 15.4. The maximum absolute atomic E-state index is 13.1. The highest BCUT2D eigenvalue weighted by molar-refractivity contribution is 5.95. The average Bonchev–Trinajstić information content (AvgIpc) is 3.50. The molecule has 162 valence electrons. The van der Waals surface area contributed by atoms with Crippen LogP contribution in [0.4, 0.5) is 8.78 Å². The summed E-state index contributed by atoms with van der Waals surface area (Å²) in [6.07, 6.45) is 6.52. The van der Waals surface area contributed by atoms with Gasteiger partial charge in [-0.2, -0.15) is 13.9 Å². The highest BCUT2D eigenvalue weighted by Crippen LogP contribution is 2.36. The first kappa shape index (κ1) is 20.1. The van der Waals surface area contributed by atoms with Crippen LogP contribution in [0.1, 0.15) is 36.5 Å². The minimum atomic E-state index is -2.69. The normalized spacial score (nSPS) is 12.7. The smallest absolute Gasteiger partial charge is 0.333 e. The standard InChI is InChI=1S/C24H21F2N5O/c1-14-22(16(3)32-29-14)18-9-21-23(27-10-18)20(19-11-28-31(12-19)24(25)26)13-30(21)15(2)17-7-5-4-6-8-17/h4-13,15,24H,1-3H3. The number of rotatable bonds is 5. The van der Waals surface area contributed by atoms with Gasteiger partial charge in [0.05, 0.1) is 29.0 Å². The summed E-state index contributed by atoms with van der Waals surface area (Å²) in [7, 11) is 0. The molecule has 0 radical (unpaired) electrons. The fraction of sp³-hybridized carbons (Fsp3) is 0.208. The minimum Gasteiger partial charge on any atom is -0.361 e. The van der Waals surface area contributed by atoms with E-state index in [1.165, 1.54) is 12.4 Å². The van der Waals surface area contributed by atoms with E-state index < -0.39 is 6.55 Å². The van der Waals surface area contributed by atoms with Crippen molar-refractivity contribution in [3.63, 3.8) is 0 Å². The van der Waals surface area contributed by atoms with Crippen molar-refractivity contribution < 1.29 is 13.3 Å². The third-order valence-corrected chi connectivity index (χ3v) is 5.80. The zero-order chi connectivity index (χ0) is 22.4. The number of halogens is 2. The molecule has 1 aromatic carbocycles. The molecule has 0 saturated heterocycles. The Labute approximate surface area is 183 Å². The molecule has 0 bridgehead atoms. The quantitative estimate of drug-likeness (QED) is 0.332. The fourth-order valence-corrected chi connectivity index (χ4v) is 4.17. The predicted octanol–water partition coefficient (Wildman–Crippen LogP) is 6.18. The van der Waals surface area contributed by atoms with Gasteiger partial charge in [0.15, 0.2) is 0 Å². The van der Waals surface area contributed by atoms with Gasteiger partial charge in [0.1, 0.15) is 5.76 Å². The molecular formula is C24H21F2N5O. The summed E-state index contributed by atoms with van der Waals surface area (Å²) < 4.78 is 34.3. The van der Waals surface area contributed by atoms with Gasteiger partial charge in [-0.3, -0.25) is 4.98 Å². The van der Waals surface area contributed by atoms with Crippen molar-refractivity contribution in [3.05, 3.63) is 78.2 Å². The second-order valence-corrected chi connectivity index (χ2v) is 7.81. The summed E-state index contributed by atoms with van der Waals surface area (Å²) in [5, 5.41) is 7.86. The molecule has 1 atom stereocenters. The molecule has 0 spiro atoms. The number of nitrogens with zero attached hydrogens (tertiary/aromatic N) is 5. The lowest BCUT2D eigenvalue weighted by Crippen LogP contribution is -2.05. The number of benzene rings is 1. The van der Waals surface area contributed by atoms with Crippen molar-refractivity contribution in [2.45, 2.75) is 33.4 Å². The molecule has 0 N–H and O–H groups in total. The first-order valence-electron chi connectivity index (χ1n) is 10.3. The van der Waals surface area contributed by atoms with E-state index >= 15 is 0 Å². The predicted molar refractivity (Wildman–Crippen MR) is 117 cm³/mol. The van der Waals surface area contributed by atoms with E-state index in [9.17, 15) is 8.78 Å². The first-order valence-corrected chi connectivity index (χ1v) is 10.3. The van der Waals surface area contributed by atoms with Crippen LogP contribution in [-0.2, 0) is 0 Å². The van der Waals surface area contributed by atoms with Crippen molar-refractivity contribution >= 4 is 11.0 Å². The maximum Gasteiger partial charge on any atom is 0.333 e. The summed E-state index contributed by atoms with van der Waals surface area (Å²) in [4.78, 5) is 4.73. The Hall–Kier alpha value is -3.81. The topological polar surface area (TPSA) is 61.7 Å². The number of aryl methyl sites for hydroxylation is 2. The molecule has 0 amide bonds. The van der Waals surface area contributed by atoms with Crippen LogP contribution >= 0.6 is 0 Å². The average molecular weight is 433 g/mol. The largest absolute Gasteiger partial charge is 0.361 e. The van der Waals surface area contributed by atoms with Crippen molar-refractivity contribution in [1.29, 1.82) is 0 Å². The second kappa shape index (κ2) is 7.71. The van der Waals surface area contributed by atoms with Gasteiger partial charge in [-0.05, 0) is 32.4 Å². The Balaban J connectivity index is 1.73. The Morgan fingerprint density at radius 3 is 2.44 bits per heavy atom. The third-order valence-electron chi connectivity index (χ3n) is 5.80. The number of pyridine rings is 1. The highest BCUT2D eigenvalue weighted by Gasteiger charge is 2.21. The Kier molecular flexibility index (Phi) is 4.84. The molecule has 6 nitrogen and oxygen atoms in total. The van der Waals surface area contributed by atoms with Crippen LogP contribution < -0.4 is 0 Å². The van der Waals surface area contributed by atoms with E-state index in [0.717, 1.165) is 44.7 Å². The van der Waals surface area contributed by atoms with Gasteiger partial charge in [-0.25, -0.2) is 4.68 Å². The van der Waals surface area contributed by atoms with Gasteiger partial charge >= 0.3 is 6.55 Å². The van der Waals surface area contributed by atoms with E-state index in [0.29, 0.717) is 10.2 Å². The van der Waals surface area contributed by atoms with Gasteiger partial charge < -0.3 is 9.09 Å². The number of alkyl halides is 2. The SMILES string of the molecule is Cc1noc(C)c1-c1cnc2c(-c3cnn(C(F)F)c3)cn(C(C)c3ccccc3)c2c1. The highest BCUT2D eigenvalue weighted by atomic mass is 19.3. The van der Waals surface area contributed by atoms with Crippen LogP contribution in [-0.4, -0.2) is 24.5 Å². The maximum atomic E-state index is 13.1. The molecule has 0 saturated carbocycles. The van der Waals surface area contributed by atoms with Gasteiger partial charge in [-0.15, -0.1) is 0 Å². The lowest BCUT2D eigenvalue weighted by Gasteiger charge is -2.16. The summed E-state index contributed by atoms with van der Waals surface area (Å²) in [5.74, 6) is 0.719. The number of hydrogen-bond acceptors (Lipinski definition) is 4. The summed E-state index contributed by atoms with van der Waals surface area (Å²) >= 11 is 0. The van der Waals surface area contributed by atoms with Crippen molar-refractivity contribution in [1.82, 2.24) is 24.5 Å². The lowest BCUT2D eigenvalue weighted by atomic mass is 10.0. The van der Waals surface area contributed by atoms with Gasteiger partial charge in [0, 0.05) is 40.8 Å². The van der Waals surface area contributed by atoms with Crippen LogP contribution in [0.25, 0.3) is 33.3 Å². The number of hydrogen-bond donors (Lipinski definition) is 0. The molecule has 0 aliphatic heterocycles. The van der Waals surface area contributed by atoms with Crippen molar-refractivity contribution in [2.75, 3.05) is 0 Å². The summed E-state index contributed by atoms with van der Waals surface area (Å²) in [5.41, 5.74) is 6.66.